The third-order valence-corrected chi connectivity index (χ3v) is 4.23. The van der Waals surface area contributed by atoms with E-state index in [1.54, 1.807) is 12.5 Å². The molecule has 6 nitrogen and oxygen atoms in total. The van der Waals surface area contributed by atoms with Crippen molar-refractivity contribution in [2.45, 2.75) is 19.0 Å². The third kappa shape index (κ3) is 4.04. The van der Waals surface area contributed by atoms with Gasteiger partial charge in [0.25, 0.3) is 0 Å². The first-order chi connectivity index (χ1) is 12.3. The van der Waals surface area contributed by atoms with Gasteiger partial charge in [-0.3, -0.25) is 9.59 Å². The largest absolute Gasteiger partial charge is 0.416 e. The van der Waals surface area contributed by atoms with E-state index in [-0.39, 0.29) is 30.5 Å². The van der Waals surface area contributed by atoms with Gasteiger partial charge < -0.3 is 15.2 Å². The summed E-state index contributed by atoms with van der Waals surface area (Å²) >= 11 is 0. The second-order valence-electron chi connectivity index (χ2n) is 6.07. The van der Waals surface area contributed by atoms with Crippen LogP contribution in [0.3, 0.4) is 0 Å². The number of nitrogens with zero attached hydrogens (tertiary/aromatic N) is 2. The highest BCUT2D eigenvalue weighted by Gasteiger charge is 2.36. The van der Waals surface area contributed by atoms with E-state index in [0.717, 1.165) is 17.8 Å². The van der Waals surface area contributed by atoms with Gasteiger partial charge >= 0.3 is 6.18 Å². The molecule has 138 valence electrons. The topological polar surface area (TPSA) is 78.1 Å². The number of hydrogen-bond donors (Lipinski definition) is 2. The summed E-state index contributed by atoms with van der Waals surface area (Å²) in [5.74, 6) is -1.23. The fourth-order valence-electron chi connectivity index (χ4n) is 2.87. The Hall–Kier alpha value is -2.84. The maximum absolute atomic E-state index is 12.8. The van der Waals surface area contributed by atoms with Gasteiger partial charge in [-0.1, -0.05) is 6.07 Å². The van der Waals surface area contributed by atoms with E-state index in [9.17, 15) is 22.8 Å². The Balaban J connectivity index is 1.60. The Labute approximate surface area is 147 Å². The number of halogens is 3. The first kappa shape index (κ1) is 18.0. The van der Waals surface area contributed by atoms with Gasteiger partial charge in [0.2, 0.25) is 11.8 Å². The molecule has 1 aliphatic heterocycles. The Morgan fingerprint density at radius 2 is 2.19 bits per heavy atom. The first-order valence-corrected chi connectivity index (χ1v) is 8.07. The van der Waals surface area contributed by atoms with Gasteiger partial charge in [-0.15, -0.1) is 0 Å². The van der Waals surface area contributed by atoms with Gasteiger partial charge in [0.15, 0.2) is 0 Å². The quantitative estimate of drug-likeness (QED) is 0.851. The number of hydrogen-bond acceptors (Lipinski definition) is 3. The molecule has 2 N–H and O–H groups in total. The van der Waals surface area contributed by atoms with E-state index < -0.39 is 17.7 Å². The van der Waals surface area contributed by atoms with Crippen molar-refractivity contribution < 1.29 is 22.8 Å². The number of alkyl halides is 3. The first-order valence-electron chi connectivity index (χ1n) is 8.07. The lowest BCUT2D eigenvalue weighted by Crippen LogP contribution is -2.34. The van der Waals surface area contributed by atoms with Crippen LogP contribution in [0.15, 0.2) is 36.8 Å². The Morgan fingerprint density at radius 3 is 2.88 bits per heavy atom. The lowest BCUT2D eigenvalue weighted by Gasteiger charge is -2.18. The molecule has 1 fully saturated rings. The number of carbonyl (C=O) groups is 2. The minimum Gasteiger partial charge on any atom is -0.355 e. The van der Waals surface area contributed by atoms with Gasteiger partial charge in [0.05, 0.1) is 17.8 Å². The average Bonchev–Trinajstić information content (AvgIpc) is 3.24. The summed E-state index contributed by atoms with van der Waals surface area (Å²) in [6.45, 7) is 0.450. The smallest absolute Gasteiger partial charge is 0.355 e. The maximum Gasteiger partial charge on any atom is 0.416 e. The molecule has 3 rings (SSSR count). The van der Waals surface area contributed by atoms with Crippen LogP contribution in [0.1, 0.15) is 17.7 Å². The molecule has 2 heterocycles. The van der Waals surface area contributed by atoms with Crippen molar-refractivity contribution in [3.05, 3.63) is 48.0 Å². The van der Waals surface area contributed by atoms with Crippen LogP contribution < -0.4 is 10.2 Å². The van der Waals surface area contributed by atoms with E-state index in [0.29, 0.717) is 13.0 Å². The SMILES string of the molecule is O=C(NCCc1cnc[nH]1)[C@@H]1CC(=O)N(c2cccc(C(F)(F)F)c2)C1. The number of benzene rings is 1. The number of amides is 2. The molecule has 9 heteroatoms. The molecule has 0 unspecified atom stereocenters. The van der Waals surface area contributed by atoms with Crippen molar-refractivity contribution >= 4 is 17.5 Å². The second-order valence-corrected chi connectivity index (χ2v) is 6.07. The van der Waals surface area contributed by atoms with Crippen LogP contribution in [0.5, 0.6) is 0 Å². The molecule has 1 atom stereocenters. The highest BCUT2D eigenvalue weighted by molar-refractivity contribution is 6.00. The van der Waals surface area contributed by atoms with E-state index in [4.69, 9.17) is 0 Å². The number of nitrogens with one attached hydrogen (secondary N) is 2. The highest BCUT2D eigenvalue weighted by Crippen LogP contribution is 2.33. The van der Waals surface area contributed by atoms with E-state index in [1.807, 2.05) is 0 Å². The standard InChI is InChI=1S/C17H17F3N4O2/c18-17(19,20)12-2-1-3-14(7-12)24-9-11(6-15(24)25)16(26)22-5-4-13-8-21-10-23-13/h1-3,7-8,10-11H,4-6,9H2,(H,21,23)(H,22,26)/t11-/m1/s1. The molecule has 2 aromatic rings. The molecular weight excluding hydrogens is 349 g/mol. The minimum atomic E-state index is -4.48. The van der Waals surface area contributed by atoms with Crippen LogP contribution in [0, 0.1) is 5.92 Å². The van der Waals surface area contributed by atoms with Gasteiger partial charge in [0, 0.05) is 43.5 Å². The molecule has 1 aliphatic rings. The molecule has 0 bridgehead atoms. The molecule has 0 aliphatic carbocycles. The van der Waals surface area contributed by atoms with Crippen molar-refractivity contribution in [2.75, 3.05) is 18.0 Å². The molecule has 2 amide bonds. The number of aromatic nitrogens is 2. The van der Waals surface area contributed by atoms with Crippen LogP contribution >= 0.6 is 0 Å². The summed E-state index contributed by atoms with van der Waals surface area (Å²) in [7, 11) is 0. The molecular formula is C17H17F3N4O2. The summed E-state index contributed by atoms with van der Waals surface area (Å²) in [5.41, 5.74) is 0.200. The van der Waals surface area contributed by atoms with Gasteiger partial charge in [0.1, 0.15) is 0 Å². The van der Waals surface area contributed by atoms with Gasteiger partial charge in [-0.2, -0.15) is 13.2 Å². The normalized spacial score (nSPS) is 17.6. The van der Waals surface area contributed by atoms with E-state index >= 15 is 0 Å². The van der Waals surface area contributed by atoms with Crippen molar-refractivity contribution in [3.63, 3.8) is 0 Å². The molecule has 0 saturated carbocycles. The number of carbonyl (C=O) groups excluding carboxylic acids is 2. The van der Waals surface area contributed by atoms with Crippen LogP contribution in [0.2, 0.25) is 0 Å². The molecule has 0 radical (unpaired) electrons. The van der Waals surface area contributed by atoms with Crippen LogP contribution in [0.4, 0.5) is 18.9 Å². The van der Waals surface area contributed by atoms with E-state index in [2.05, 4.69) is 15.3 Å². The number of H-pyrrole nitrogens is 1. The summed E-state index contributed by atoms with van der Waals surface area (Å²) in [4.78, 5) is 32.4. The lowest BCUT2D eigenvalue weighted by molar-refractivity contribution is -0.137. The fourth-order valence-corrected chi connectivity index (χ4v) is 2.87. The predicted molar refractivity (Wildman–Crippen MR) is 87.2 cm³/mol. The Kier molecular flexibility index (Phi) is 4.97. The lowest BCUT2D eigenvalue weighted by atomic mass is 10.1. The van der Waals surface area contributed by atoms with Crippen LogP contribution in [-0.4, -0.2) is 34.9 Å². The highest BCUT2D eigenvalue weighted by atomic mass is 19.4. The third-order valence-electron chi connectivity index (χ3n) is 4.23. The molecule has 1 aromatic heterocycles. The van der Waals surface area contributed by atoms with Crippen molar-refractivity contribution in [2.24, 2.45) is 5.92 Å². The van der Waals surface area contributed by atoms with Crippen molar-refractivity contribution in [1.82, 2.24) is 15.3 Å². The summed E-state index contributed by atoms with van der Waals surface area (Å²) < 4.78 is 38.5. The molecule has 1 aromatic carbocycles. The summed E-state index contributed by atoms with van der Waals surface area (Å²) in [6, 6.07) is 4.56. The Morgan fingerprint density at radius 1 is 1.38 bits per heavy atom. The summed E-state index contributed by atoms with van der Waals surface area (Å²) in [6.07, 6.45) is -0.738. The fraction of sp³-hybridized carbons (Fsp3) is 0.353. The number of anilines is 1. The zero-order chi connectivity index (χ0) is 18.7. The molecule has 1 saturated heterocycles. The van der Waals surface area contributed by atoms with E-state index in [1.165, 1.54) is 17.0 Å². The molecule has 26 heavy (non-hydrogen) atoms. The average molecular weight is 366 g/mol. The van der Waals surface area contributed by atoms with Crippen LogP contribution in [-0.2, 0) is 22.2 Å². The summed E-state index contributed by atoms with van der Waals surface area (Å²) in [5, 5.41) is 2.75. The second kappa shape index (κ2) is 7.19. The van der Waals surface area contributed by atoms with Crippen molar-refractivity contribution in [3.8, 4) is 0 Å². The van der Waals surface area contributed by atoms with Crippen molar-refractivity contribution in [1.29, 1.82) is 0 Å². The Bertz CT molecular complexity index is 790. The predicted octanol–water partition coefficient (Wildman–Crippen LogP) is 2.14. The number of imidazole rings is 1. The van der Waals surface area contributed by atoms with Crippen LogP contribution in [0.25, 0.3) is 0 Å². The van der Waals surface area contributed by atoms with Gasteiger partial charge in [-0.05, 0) is 18.2 Å². The maximum atomic E-state index is 12.8. The zero-order valence-electron chi connectivity index (χ0n) is 13.7. The monoisotopic (exact) mass is 366 g/mol. The minimum absolute atomic E-state index is 0.0217. The molecule has 0 spiro atoms. The number of aromatic amines is 1. The zero-order valence-corrected chi connectivity index (χ0v) is 13.7. The van der Waals surface area contributed by atoms with Gasteiger partial charge in [-0.25, -0.2) is 4.98 Å². The number of rotatable bonds is 5.